The number of aliphatic carboxylic acids is 1. The van der Waals surface area contributed by atoms with Crippen molar-refractivity contribution in [3.05, 3.63) is 29.8 Å². The molecule has 3 N–H and O–H groups in total. The van der Waals surface area contributed by atoms with Gasteiger partial charge in [-0.25, -0.2) is 13.2 Å². The van der Waals surface area contributed by atoms with Crippen molar-refractivity contribution < 1.29 is 27.9 Å². The van der Waals surface area contributed by atoms with Gasteiger partial charge in [0.1, 0.15) is 6.10 Å². The summed E-state index contributed by atoms with van der Waals surface area (Å²) in [5.41, 5.74) is 1.22. The summed E-state index contributed by atoms with van der Waals surface area (Å²) < 4.78 is 29.7. The van der Waals surface area contributed by atoms with E-state index in [1.807, 2.05) is 0 Å². The van der Waals surface area contributed by atoms with Crippen LogP contribution < -0.4 is 10.0 Å². The second-order valence-corrected chi connectivity index (χ2v) is 7.07. The summed E-state index contributed by atoms with van der Waals surface area (Å²) in [6.45, 7) is 0.246. The number of rotatable bonds is 6. The molecule has 0 spiro atoms. The summed E-state index contributed by atoms with van der Waals surface area (Å²) in [5.74, 6) is -1.42. The van der Waals surface area contributed by atoms with Gasteiger partial charge in [0.25, 0.3) is 0 Å². The number of carbonyl (C=O) groups is 2. The van der Waals surface area contributed by atoms with Crippen molar-refractivity contribution in [2.45, 2.75) is 31.6 Å². The number of carboxylic acid groups (broad SMARTS) is 1. The summed E-state index contributed by atoms with van der Waals surface area (Å²) in [7, 11) is -3.32. The van der Waals surface area contributed by atoms with Gasteiger partial charge in [0, 0.05) is 12.2 Å². The topological polar surface area (TPSA) is 122 Å². The van der Waals surface area contributed by atoms with Crippen LogP contribution in [0.4, 0.5) is 5.69 Å². The summed E-state index contributed by atoms with van der Waals surface area (Å²) in [5, 5.41) is 11.5. The lowest BCUT2D eigenvalue weighted by Crippen LogP contribution is -2.35. The quantitative estimate of drug-likeness (QED) is 0.684. The summed E-state index contributed by atoms with van der Waals surface area (Å²) in [6.07, 6.45) is 0.0845. The van der Waals surface area contributed by atoms with Gasteiger partial charge in [0.15, 0.2) is 6.10 Å². The van der Waals surface area contributed by atoms with Crippen LogP contribution in [-0.4, -0.2) is 43.9 Å². The smallest absolute Gasteiger partial charge is 0.332 e. The van der Waals surface area contributed by atoms with Crippen LogP contribution in [0.3, 0.4) is 0 Å². The fourth-order valence-electron chi connectivity index (χ4n) is 2.22. The molecule has 1 aliphatic heterocycles. The van der Waals surface area contributed by atoms with Gasteiger partial charge >= 0.3 is 5.97 Å². The van der Waals surface area contributed by atoms with Gasteiger partial charge in [0.2, 0.25) is 15.9 Å². The zero-order chi connectivity index (χ0) is 17.0. The van der Waals surface area contributed by atoms with Crippen LogP contribution in [0.25, 0.3) is 0 Å². The molecule has 126 valence electrons. The molecular formula is C14H18N2O6S. The molecule has 2 rings (SSSR count). The minimum atomic E-state index is -3.32. The molecule has 1 fully saturated rings. The van der Waals surface area contributed by atoms with E-state index in [0.29, 0.717) is 18.5 Å². The van der Waals surface area contributed by atoms with Crippen molar-refractivity contribution in [3.8, 4) is 0 Å². The van der Waals surface area contributed by atoms with Gasteiger partial charge in [0.05, 0.1) is 6.26 Å². The van der Waals surface area contributed by atoms with Crippen molar-refractivity contribution in [1.29, 1.82) is 0 Å². The van der Waals surface area contributed by atoms with Crippen LogP contribution in [0.1, 0.15) is 18.4 Å². The minimum absolute atomic E-state index is 0.246. The monoisotopic (exact) mass is 342 g/mol. The number of carbonyl (C=O) groups excluding carboxylic acids is 1. The molecular weight excluding hydrogens is 324 g/mol. The highest BCUT2D eigenvalue weighted by atomic mass is 32.2. The summed E-state index contributed by atoms with van der Waals surface area (Å²) in [4.78, 5) is 22.7. The molecule has 0 bridgehead atoms. The predicted octanol–water partition coefficient (Wildman–Crippen LogP) is 0.307. The molecule has 0 saturated carbocycles. The van der Waals surface area contributed by atoms with Crippen LogP contribution >= 0.6 is 0 Å². The molecule has 9 heteroatoms. The highest BCUT2D eigenvalue weighted by Gasteiger charge is 2.34. The average molecular weight is 342 g/mol. The Kier molecular flexibility index (Phi) is 5.22. The molecule has 1 amide bonds. The molecule has 0 aliphatic carbocycles. The Morgan fingerprint density at radius 1 is 1.22 bits per heavy atom. The highest BCUT2D eigenvalue weighted by Crippen LogP contribution is 2.20. The summed E-state index contributed by atoms with van der Waals surface area (Å²) in [6, 6.07) is 6.55. The first-order valence-electron chi connectivity index (χ1n) is 6.97. The molecule has 23 heavy (non-hydrogen) atoms. The zero-order valence-electron chi connectivity index (χ0n) is 12.5. The lowest BCUT2D eigenvalue weighted by Gasteiger charge is -2.12. The molecule has 8 nitrogen and oxygen atoms in total. The van der Waals surface area contributed by atoms with E-state index in [4.69, 9.17) is 9.84 Å². The number of amides is 1. The molecule has 1 aliphatic rings. The van der Waals surface area contributed by atoms with Crippen molar-refractivity contribution in [2.24, 2.45) is 0 Å². The maximum absolute atomic E-state index is 11.9. The zero-order valence-corrected chi connectivity index (χ0v) is 13.3. The maximum atomic E-state index is 11.9. The first kappa shape index (κ1) is 17.2. The summed E-state index contributed by atoms with van der Waals surface area (Å²) >= 11 is 0. The van der Waals surface area contributed by atoms with Gasteiger partial charge in [-0.05, 0) is 30.5 Å². The Labute approximate surface area is 133 Å². The van der Waals surface area contributed by atoms with Gasteiger partial charge in [-0.15, -0.1) is 0 Å². The molecule has 0 radical (unpaired) electrons. The van der Waals surface area contributed by atoms with Crippen LogP contribution in [0, 0.1) is 0 Å². The van der Waals surface area contributed by atoms with Crippen LogP contribution in [0.2, 0.25) is 0 Å². The minimum Gasteiger partial charge on any atom is -0.479 e. The Bertz CT molecular complexity index is 686. The first-order chi connectivity index (χ1) is 10.7. The third kappa shape index (κ3) is 5.22. The van der Waals surface area contributed by atoms with E-state index in [9.17, 15) is 18.0 Å². The van der Waals surface area contributed by atoms with Crippen molar-refractivity contribution in [3.63, 3.8) is 0 Å². The second-order valence-electron chi connectivity index (χ2n) is 5.32. The molecule has 1 aromatic rings. The molecule has 1 aromatic carbocycles. The second kappa shape index (κ2) is 6.97. The number of sulfonamides is 1. The number of hydrogen-bond donors (Lipinski definition) is 3. The third-order valence-corrected chi connectivity index (χ3v) is 3.92. The van der Waals surface area contributed by atoms with Crippen LogP contribution in [0.15, 0.2) is 24.3 Å². The maximum Gasteiger partial charge on any atom is 0.332 e. The molecule has 0 aromatic heterocycles. The fourth-order valence-corrected chi connectivity index (χ4v) is 2.78. The van der Waals surface area contributed by atoms with E-state index < -0.39 is 28.2 Å². The van der Waals surface area contributed by atoms with Crippen molar-refractivity contribution in [1.82, 2.24) is 5.32 Å². The Hall–Kier alpha value is -2.13. The predicted molar refractivity (Wildman–Crippen MR) is 82.3 cm³/mol. The number of benzene rings is 1. The van der Waals surface area contributed by atoms with Crippen LogP contribution in [0.5, 0.6) is 0 Å². The van der Waals surface area contributed by atoms with E-state index in [1.54, 1.807) is 24.3 Å². The van der Waals surface area contributed by atoms with E-state index in [2.05, 4.69) is 10.0 Å². The van der Waals surface area contributed by atoms with E-state index in [-0.39, 0.29) is 12.5 Å². The van der Waals surface area contributed by atoms with Gasteiger partial charge in [-0.3, -0.25) is 9.52 Å². The van der Waals surface area contributed by atoms with Crippen molar-refractivity contribution >= 4 is 27.6 Å². The standard InChI is InChI=1S/C14H18N2O6S/c1-23(20,21)16-10-4-2-9(3-5-10)8-15-13(17)11-6-7-12(22-11)14(18)19/h2-5,11-12,16H,6-8H2,1H3,(H,15,17)(H,18,19)/t11-,12+/m0/s1. The van der Waals surface area contributed by atoms with Gasteiger partial charge < -0.3 is 15.2 Å². The highest BCUT2D eigenvalue weighted by molar-refractivity contribution is 7.92. The lowest BCUT2D eigenvalue weighted by molar-refractivity contribution is -0.151. The largest absolute Gasteiger partial charge is 0.479 e. The van der Waals surface area contributed by atoms with E-state index in [0.717, 1.165) is 11.8 Å². The molecule has 1 heterocycles. The molecule has 0 unspecified atom stereocenters. The van der Waals surface area contributed by atoms with Gasteiger partial charge in [-0.1, -0.05) is 12.1 Å². The SMILES string of the molecule is CS(=O)(=O)Nc1ccc(CNC(=O)[C@@H]2CC[C@H](C(=O)O)O2)cc1. The molecule has 1 saturated heterocycles. The Balaban J connectivity index is 1.84. The normalized spacial score (nSPS) is 20.9. The first-order valence-corrected chi connectivity index (χ1v) is 8.86. The van der Waals surface area contributed by atoms with Crippen molar-refractivity contribution in [2.75, 3.05) is 11.0 Å². The fraction of sp³-hybridized carbons (Fsp3) is 0.429. The number of carboxylic acids is 1. The lowest BCUT2D eigenvalue weighted by atomic mass is 10.1. The molecule has 2 atom stereocenters. The van der Waals surface area contributed by atoms with E-state index >= 15 is 0 Å². The number of anilines is 1. The number of ether oxygens (including phenoxy) is 1. The number of hydrogen-bond acceptors (Lipinski definition) is 5. The van der Waals surface area contributed by atoms with Crippen LogP contribution in [-0.2, 0) is 30.9 Å². The Morgan fingerprint density at radius 3 is 2.35 bits per heavy atom. The average Bonchev–Trinajstić information content (AvgIpc) is 2.94. The third-order valence-electron chi connectivity index (χ3n) is 3.31. The van der Waals surface area contributed by atoms with E-state index in [1.165, 1.54) is 0 Å². The Morgan fingerprint density at radius 2 is 1.83 bits per heavy atom. The van der Waals surface area contributed by atoms with Gasteiger partial charge in [-0.2, -0.15) is 0 Å². The number of nitrogens with one attached hydrogen (secondary N) is 2.